The molecule has 0 fully saturated rings. The first-order valence-electron chi connectivity index (χ1n) is 9.01. The molecule has 6 nitrogen and oxygen atoms in total. The van der Waals surface area contributed by atoms with Crippen LogP contribution < -0.4 is 20.7 Å². The smallest absolute Gasteiger partial charge is 0.165 e. The highest BCUT2D eigenvalue weighted by atomic mass is 79.9. The molecule has 1 aromatic heterocycles. The fourth-order valence-electron chi connectivity index (χ4n) is 3.22. The second-order valence-corrected chi connectivity index (χ2v) is 7.83. The molecule has 1 aliphatic heterocycles. The lowest BCUT2D eigenvalue weighted by atomic mass is 10.1. The minimum atomic E-state index is -0.507. The Morgan fingerprint density at radius 2 is 1.83 bits per heavy atom. The van der Waals surface area contributed by atoms with Crippen molar-refractivity contribution in [3.05, 3.63) is 82.3 Å². The van der Waals surface area contributed by atoms with Crippen LogP contribution in [0, 0.1) is 11.3 Å². The highest BCUT2D eigenvalue weighted by Gasteiger charge is 2.34. The minimum absolute atomic E-state index is 0.219. The van der Waals surface area contributed by atoms with Crippen molar-refractivity contribution in [2.45, 2.75) is 6.17 Å². The first-order chi connectivity index (χ1) is 14.5. The normalized spacial score (nSPS) is 16.2. The molecule has 0 saturated carbocycles. The predicted molar refractivity (Wildman–Crippen MR) is 123 cm³/mol. The van der Waals surface area contributed by atoms with Crippen LogP contribution in [0.25, 0.3) is 11.3 Å². The van der Waals surface area contributed by atoms with Gasteiger partial charge in [-0.2, -0.15) is 5.26 Å². The van der Waals surface area contributed by atoms with Crippen molar-refractivity contribution in [2.75, 3.05) is 12.0 Å². The summed E-state index contributed by atoms with van der Waals surface area (Å²) >= 11 is 9.05. The van der Waals surface area contributed by atoms with Gasteiger partial charge in [-0.25, -0.2) is 0 Å². The summed E-state index contributed by atoms with van der Waals surface area (Å²) in [6.07, 6.45) is -0.507. The van der Waals surface area contributed by atoms with Gasteiger partial charge in [0, 0.05) is 15.7 Å². The Bertz CT molecular complexity index is 1160. The lowest BCUT2D eigenvalue weighted by molar-refractivity contribution is 0.414. The fourth-order valence-corrected chi connectivity index (χ4v) is 3.85. The van der Waals surface area contributed by atoms with Crippen molar-refractivity contribution in [1.82, 2.24) is 5.32 Å². The zero-order chi connectivity index (χ0) is 21.3. The van der Waals surface area contributed by atoms with Crippen molar-refractivity contribution in [3.8, 4) is 23.1 Å². The molecule has 0 unspecified atom stereocenters. The third kappa shape index (κ3) is 3.65. The summed E-state index contributed by atoms with van der Waals surface area (Å²) in [6, 6.07) is 21.1. The molecular weight excluding hydrogens is 464 g/mol. The second kappa shape index (κ2) is 8.22. The maximum Gasteiger partial charge on any atom is 0.165 e. The molecule has 2 heterocycles. The lowest BCUT2D eigenvalue weighted by Gasteiger charge is -2.37. The Morgan fingerprint density at radius 1 is 1.13 bits per heavy atom. The maximum atomic E-state index is 9.52. The number of hydrogen-bond donors (Lipinski definition) is 2. The number of thiocarbonyl (C=S) groups is 1. The zero-order valence-corrected chi connectivity index (χ0v) is 18.3. The predicted octanol–water partition coefficient (Wildman–Crippen LogP) is 4.85. The van der Waals surface area contributed by atoms with Crippen LogP contribution in [0.2, 0.25) is 0 Å². The van der Waals surface area contributed by atoms with Crippen LogP contribution in [-0.4, -0.2) is 12.1 Å². The summed E-state index contributed by atoms with van der Waals surface area (Å²) in [7, 11) is 1.61. The van der Waals surface area contributed by atoms with Gasteiger partial charge in [0.2, 0.25) is 0 Å². The van der Waals surface area contributed by atoms with Gasteiger partial charge in [0.25, 0.3) is 0 Å². The summed E-state index contributed by atoms with van der Waals surface area (Å²) in [5.74, 6) is 2.27. The van der Waals surface area contributed by atoms with E-state index in [1.165, 1.54) is 0 Å². The van der Waals surface area contributed by atoms with Gasteiger partial charge in [-0.1, -0.05) is 40.3 Å². The van der Waals surface area contributed by atoms with Crippen molar-refractivity contribution < 1.29 is 9.15 Å². The lowest BCUT2D eigenvalue weighted by Crippen LogP contribution is -2.48. The summed E-state index contributed by atoms with van der Waals surface area (Å²) in [5, 5.41) is 12.7. The van der Waals surface area contributed by atoms with E-state index in [1.54, 1.807) is 7.11 Å². The Labute approximate surface area is 187 Å². The molecule has 150 valence electrons. The van der Waals surface area contributed by atoms with Crippen LogP contribution >= 0.6 is 28.1 Å². The van der Waals surface area contributed by atoms with Crippen molar-refractivity contribution in [2.24, 2.45) is 5.73 Å². The molecule has 1 atom stereocenters. The third-order valence-electron chi connectivity index (χ3n) is 4.74. The van der Waals surface area contributed by atoms with Gasteiger partial charge < -0.3 is 25.1 Å². The van der Waals surface area contributed by atoms with E-state index in [4.69, 9.17) is 27.1 Å². The molecular formula is C22H17BrN4O2S. The summed E-state index contributed by atoms with van der Waals surface area (Å²) in [4.78, 5) is 2.14. The van der Waals surface area contributed by atoms with Crippen LogP contribution in [0.15, 0.2) is 80.9 Å². The van der Waals surface area contributed by atoms with E-state index in [0.29, 0.717) is 16.5 Å². The number of anilines is 1. The Hall–Kier alpha value is -3.28. The summed E-state index contributed by atoms with van der Waals surface area (Å²) in [5.41, 5.74) is 8.03. The highest BCUT2D eigenvalue weighted by Crippen LogP contribution is 2.35. The number of nitrogens with zero attached hydrogens (tertiary/aromatic N) is 2. The number of nitrogens with two attached hydrogens (primary N) is 1. The molecule has 30 heavy (non-hydrogen) atoms. The number of furan rings is 1. The summed E-state index contributed by atoms with van der Waals surface area (Å²) in [6.45, 7) is 0. The molecule has 2 aromatic carbocycles. The van der Waals surface area contributed by atoms with Gasteiger partial charge in [-0.15, -0.1) is 0 Å². The van der Waals surface area contributed by atoms with E-state index in [-0.39, 0.29) is 11.4 Å². The van der Waals surface area contributed by atoms with E-state index in [0.717, 1.165) is 21.5 Å². The average molecular weight is 481 g/mol. The van der Waals surface area contributed by atoms with Gasteiger partial charge in [0.15, 0.2) is 6.17 Å². The van der Waals surface area contributed by atoms with E-state index in [9.17, 15) is 5.26 Å². The molecule has 1 aliphatic rings. The molecule has 0 amide bonds. The SMILES string of the molecule is COc1ccc(N2C(=S)C(C#N)=C(N)N[C@@H]2c2ccc(-c3ccc(Br)cc3)o2)cc1. The zero-order valence-electron chi connectivity index (χ0n) is 15.9. The largest absolute Gasteiger partial charge is 0.497 e. The van der Waals surface area contributed by atoms with Gasteiger partial charge in [-0.05, 0) is 48.5 Å². The van der Waals surface area contributed by atoms with Crippen LogP contribution in [0.5, 0.6) is 5.75 Å². The maximum absolute atomic E-state index is 9.52. The Morgan fingerprint density at radius 3 is 2.47 bits per heavy atom. The number of nitriles is 1. The van der Waals surface area contributed by atoms with E-state index < -0.39 is 6.17 Å². The molecule has 0 spiro atoms. The van der Waals surface area contributed by atoms with Crippen molar-refractivity contribution in [3.63, 3.8) is 0 Å². The van der Waals surface area contributed by atoms with Crippen LogP contribution in [0.1, 0.15) is 11.9 Å². The first-order valence-corrected chi connectivity index (χ1v) is 10.2. The number of nitrogens with one attached hydrogen (secondary N) is 1. The number of ether oxygens (including phenoxy) is 1. The number of benzene rings is 2. The summed E-state index contributed by atoms with van der Waals surface area (Å²) < 4.78 is 12.4. The van der Waals surface area contributed by atoms with Gasteiger partial charge >= 0.3 is 0 Å². The number of hydrogen-bond acceptors (Lipinski definition) is 6. The first kappa shape index (κ1) is 20.0. The number of halogens is 1. The second-order valence-electron chi connectivity index (χ2n) is 6.53. The fraction of sp³-hybridized carbons (Fsp3) is 0.0909. The van der Waals surface area contributed by atoms with Crippen LogP contribution in [0.3, 0.4) is 0 Å². The van der Waals surface area contributed by atoms with Gasteiger partial charge in [-0.3, -0.25) is 0 Å². The standard InChI is InChI=1S/C22H17BrN4O2S/c1-28-16-8-6-15(7-9-16)27-21(26-20(25)17(12-24)22(27)30)19-11-10-18(29-19)13-2-4-14(23)5-3-13/h2-11,21,26H,25H2,1H3/t21-/m0/s1. The molecule has 3 aromatic rings. The monoisotopic (exact) mass is 480 g/mol. The molecule has 0 aliphatic carbocycles. The third-order valence-corrected chi connectivity index (χ3v) is 5.67. The Balaban J connectivity index is 1.76. The molecule has 0 bridgehead atoms. The molecule has 4 rings (SSSR count). The van der Waals surface area contributed by atoms with Crippen molar-refractivity contribution in [1.29, 1.82) is 5.26 Å². The molecule has 0 saturated heterocycles. The van der Waals surface area contributed by atoms with E-state index >= 15 is 0 Å². The molecule has 0 radical (unpaired) electrons. The van der Waals surface area contributed by atoms with Gasteiger partial charge in [0.05, 0.1) is 7.11 Å². The van der Waals surface area contributed by atoms with Crippen LogP contribution in [-0.2, 0) is 0 Å². The van der Waals surface area contributed by atoms with Gasteiger partial charge in [0.1, 0.15) is 39.7 Å². The molecule has 3 N–H and O–H groups in total. The minimum Gasteiger partial charge on any atom is -0.497 e. The van der Waals surface area contributed by atoms with Crippen molar-refractivity contribution >= 4 is 38.8 Å². The average Bonchev–Trinajstić information content (AvgIpc) is 3.24. The Kier molecular flexibility index (Phi) is 5.48. The van der Waals surface area contributed by atoms with Crippen LogP contribution in [0.4, 0.5) is 5.69 Å². The van der Waals surface area contributed by atoms with E-state index in [2.05, 4.69) is 27.3 Å². The number of methoxy groups -OCH3 is 1. The quantitative estimate of drug-likeness (QED) is 0.516. The van der Waals surface area contributed by atoms with E-state index in [1.807, 2.05) is 65.6 Å². The number of rotatable bonds is 4. The molecule has 8 heteroatoms. The highest BCUT2D eigenvalue weighted by molar-refractivity contribution is 9.10. The topological polar surface area (TPSA) is 87.5 Å².